The molecule has 3 aliphatic rings. The van der Waals surface area contributed by atoms with E-state index < -0.39 is 0 Å². The maximum Gasteiger partial charge on any atom is 0.220 e. The minimum Gasteiger partial charge on any atom is -0.364 e. The van der Waals surface area contributed by atoms with Gasteiger partial charge in [-0.15, -0.1) is 24.0 Å². The molecule has 2 saturated heterocycles. The number of rotatable bonds is 3. The number of nitrogens with zero attached hydrogens (tertiary/aromatic N) is 3. The highest BCUT2D eigenvalue weighted by atomic mass is 127. The third-order valence-corrected chi connectivity index (χ3v) is 5.91. The van der Waals surface area contributed by atoms with E-state index >= 15 is 0 Å². The molecular weight excluding hydrogens is 465 g/mol. The van der Waals surface area contributed by atoms with E-state index in [0.29, 0.717) is 6.42 Å². The highest BCUT2D eigenvalue weighted by Crippen LogP contribution is 2.36. The topological polar surface area (TPSA) is 60.0 Å². The van der Waals surface area contributed by atoms with Crippen LogP contribution < -0.4 is 15.5 Å². The number of anilines is 1. The second kappa shape index (κ2) is 9.15. The summed E-state index contributed by atoms with van der Waals surface area (Å²) in [6, 6.07) is 8.71. The molecule has 0 aromatic heterocycles. The summed E-state index contributed by atoms with van der Waals surface area (Å²) in [5.41, 5.74) is 2.60. The van der Waals surface area contributed by atoms with Crippen LogP contribution in [0.2, 0.25) is 0 Å². The van der Waals surface area contributed by atoms with Gasteiger partial charge in [-0.05, 0) is 30.5 Å². The Kier molecular flexibility index (Phi) is 6.85. The summed E-state index contributed by atoms with van der Waals surface area (Å²) >= 11 is 0. The zero-order chi connectivity index (χ0) is 18.7. The van der Waals surface area contributed by atoms with Crippen molar-refractivity contribution < 1.29 is 4.79 Å². The van der Waals surface area contributed by atoms with Crippen molar-refractivity contribution in [3.05, 3.63) is 42.0 Å². The number of nitrogens with one attached hydrogen (secondary N) is 2. The Balaban J connectivity index is 0.00000225. The molecule has 0 bridgehead atoms. The average Bonchev–Trinajstić information content (AvgIpc) is 3.33. The Labute approximate surface area is 184 Å². The molecule has 3 aliphatic heterocycles. The van der Waals surface area contributed by atoms with E-state index in [1.807, 2.05) is 7.05 Å². The second-order valence-corrected chi connectivity index (χ2v) is 7.93. The maximum atomic E-state index is 11.7. The number of piperidine rings is 1. The number of hydrogen-bond acceptors (Lipinski definition) is 3. The third-order valence-electron chi connectivity index (χ3n) is 5.91. The number of amides is 1. The van der Waals surface area contributed by atoms with E-state index in [-0.39, 0.29) is 35.3 Å². The summed E-state index contributed by atoms with van der Waals surface area (Å²) in [5.74, 6) is 1.12. The number of aliphatic imine (C=N–C) groups is 1. The van der Waals surface area contributed by atoms with Crippen LogP contribution in [0.25, 0.3) is 0 Å². The first-order chi connectivity index (χ1) is 13.2. The fraction of sp³-hybridized carbons (Fsp3) is 0.524. The largest absolute Gasteiger partial charge is 0.364 e. The predicted molar refractivity (Wildman–Crippen MR) is 124 cm³/mol. The van der Waals surface area contributed by atoms with Crippen LogP contribution in [0, 0.1) is 5.41 Å². The number of hydrogen-bond donors (Lipinski definition) is 2. The molecule has 2 N–H and O–H groups in total. The van der Waals surface area contributed by atoms with Gasteiger partial charge in [0.05, 0.1) is 0 Å². The maximum absolute atomic E-state index is 11.7. The monoisotopic (exact) mass is 495 g/mol. The Bertz CT molecular complexity index is 757. The minimum atomic E-state index is 0. The highest BCUT2D eigenvalue weighted by Gasteiger charge is 2.42. The number of benzene rings is 1. The van der Waals surface area contributed by atoms with Crippen molar-refractivity contribution in [3.63, 3.8) is 0 Å². The lowest BCUT2D eigenvalue weighted by atomic mass is 9.79. The summed E-state index contributed by atoms with van der Waals surface area (Å²) < 4.78 is 0. The summed E-state index contributed by atoms with van der Waals surface area (Å²) in [6.07, 6.45) is 7.29. The average molecular weight is 495 g/mol. The molecule has 2 fully saturated rings. The third kappa shape index (κ3) is 4.61. The molecule has 1 spiro atoms. The Morgan fingerprint density at radius 3 is 2.86 bits per heavy atom. The van der Waals surface area contributed by atoms with Crippen LogP contribution in [0.3, 0.4) is 0 Å². The Morgan fingerprint density at radius 2 is 2.14 bits per heavy atom. The van der Waals surface area contributed by atoms with Crippen molar-refractivity contribution in [1.82, 2.24) is 15.5 Å². The number of carbonyl (C=O) groups excluding carboxylic acids is 1. The van der Waals surface area contributed by atoms with Crippen LogP contribution in [0.5, 0.6) is 0 Å². The summed E-state index contributed by atoms with van der Waals surface area (Å²) in [5, 5.41) is 6.54. The van der Waals surface area contributed by atoms with Crippen molar-refractivity contribution in [1.29, 1.82) is 0 Å². The van der Waals surface area contributed by atoms with Gasteiger partial charge in [-0.1, -0.05) is 24.3 Å². The van der Waals surface area contributed by atoms with Gasteiger partial charge in [-0.2, -0.15) is 0 Å². The standard InChI is InChI=1S/C21H29N5O.HI/c1-22-20(26-11-5-8-21(16-26)13-19(27)24-15-21)23-14-17-6-4-7-18(12-17)25-9-2-3-10-25;/h2-4,6-7,12H,5,8-11,13-16H2,1H3,(H,22,23)(H,24,27);1H. The zero-order valence-corrected chi connectivity index (χ0v) is 18.8. The summed E-state index contributed by atoms with van der Waals surface area (Å²) in [6.45, 7) is 5.41. The fourth-order valence-electron chi connectivity index (χ4n) is 4.49. The van der Waals surface area contributed by atoms with Crippen LogP contribution >= 0.6 is 24.0 Å². The van der Waals surface area contributed by atoms with Crippen molar-refractivity contribution >= 4 is 41.5 Å². The number of guanidine groups is 1. The van der Waals surface area contributed by atoms with Crippen LogP contribution in [-0.4, -0.2) is 56.5 Å². The number of halogens is 1. The number of likely N-dealkylation sites (tertiary alicyclic amines) is 1. The normalized spacial score (nSPS) is 24.5. The molecule has 6 nitrogen and oxygen atoms in total. The molecule has 1 atom stereocenters. The van der Waals surface area contributed by atoms with Crippen LogP contribution in [0.15, 0.2) is 41.4 Å². The highest BCUT2D eigenvalue weighted by molar-refractivity contribution is 14.0. The van der Waals surface area contributed by atoms with Gasteiger partial charge in [0.15, 0.2) is 5.96 Å². The van der Waals surface area contributed by atoms with E-state index in [9.17, 15) is 4.79 Å². The lowest BCUT2D eigenvalue weighted by Gasteiger charge is -2.40. The first-order valence-corrected chi connectivity index (χ1v) is 9.89. The van der Waals surface area contributed by atoms with Crippen molar-refractivity contribution in [2.24, 2.45) is 10.4 Å². The van der Waals surface area contributed by atoms with Crippen LogP contribution in [-0.2, 0) is 11.3 Å². The molecule has 3 heterocycles. The van der Waals surface area contributed by atoms with Gasteiger partial charge in [-0.25, -0.2) is 0 Å². The molecule has 7 heteroatoms. The SMILES string of the molecule is CN=C(NCc1cccc(N2CC=CC2)c1)N1CCCC2(CNC(=O)C2)C1.I. The lowest BCUT2D eigenvalue weighted by molar-refractivity contribution is -0.119. The molecule has 1 aromatic rings. The molecule has 1 amide bonds. The molecule has 1 aromatic carbocycles. The van der Waals surface area contributed by atoms with E-state index in [4.69, 9.17) is 0 Å². The van der Waals surface area contributed by atoms with Gasteiger partial charge in [0.25, 0.3) is 0 Å². The van der Waals surface area contributed by atoms with E-state index in [1.54, 1.807) is 0 Å². The quantitative estimate of drug-likeness (QED) is 0.293. The minimum absolute atomic E-state index is 0. The van der Waals surface area contributed by atoms with Gasteiger partial charge >= 0.3 is 0 Å². The van der Waals surface area contributed by atoms with Crippen LogP contribution in [0.1, 0.15) is 24.8 Å². The second-order valence-electron chi connectivity index (χ2n) is 7.93. The van der Waals surface area contributed by atoms with Crippen molar-refractivity contribution in [2.45, 2.75) is 25.8 Å². The van der Waals surface area contributed by atoms with Crippen molar-refractivity contribution in [2.75, 3.05) is 44.7 Å². The van der Waals surface area contributed by atoms with Gasteiger partial charge in [0, 0.05) is 63.8 Å². The van der Waals surface area contributed by atoms with E-state index in [2.05, 4.69) is 61.8 Å². The molecule has 28 heavy (non-hydrogen) atoms. The zero-order valence-electron chi connectivity index (χ0n) is 16.5. The van der Waals surface area contributed by atoms with Gasteiger partial charge in [0.2, 0.25) is 5.91 Å². The molecular formula is C21H30IN5O. The van der Waals surface area contributed by atoms with Gasteiger partial charge in [0.1, 0.15) is 0 Å². The van der Waals surface area contributed by atoms with Crippen LogP contribution in [0.4, 0.5) is 5.69 Å². The first kappa shape index (κ1) is 21.0. The van der Waals surface area contributed by atoms with Gasteiger partial charge in [-0.3, -0.25) is 9.79 Å². The summed E-state index contributed by atoms with van der Waals surface area (Å²) in [7, 11) is 1.84. The molecule has 152 valence electrons. The Hall–Kier alpha value is -1.77. The Morgan fingerprint density at radius 1 is 1.32 bits per heavy atom. The molecule has 0 radical (unpaired) electrons. The first-order valence-electron chi connectivity index (χ1n) is 9.89. The lowest BCUT2D eigenvalue weighted by Crippen LogP contribution is -2.51. The predicted octanol–water partition coefficient (Wildman–Crippen LogP) is 2.36. The molecule has 0 saturated carbocycles. The molecule has 0 aliphatic carbocycles. The molecule has 4 rings (SSSR count). The number of carbonyl (C=O) groups is 1. The fourth-order valence-corrected chi connectivity index (χ4v) is 4.49. The van der Waals surface area contributed by atoms with E-state index in [0.717, 1.165) is 58.1 Å². The van der Waals surface area contributed by atoms with E-state index in [1.165, 1.54) is 11.3 Å². The smallest absolute Gasteiger partial charge is 0.220 e. The molecule has 1 unspecified atom stereocenters. The van der Waals surface area contributed by atoms with Gasteiger partial charge < -0.3 is 20.4 Å². The van der Waals surface area contributed by atoms with Crippen molar-refractivity contribution in [3.8, 4) is 0 Å². The summed E-state index contributed by atoms with van der Waals surface area (Å²) in [4.78, 5) is 20.9.